The molecule has 0 bridgehead atoms. The molecule has 0 amide bonds. The highest BCUT2D eigenvalue weighted by molar-refractivity contribution is 5.85. The number of nitrogens with one attached hydrogen (secondary N) is 1. The molecule has 1 saturated heterocycles. The lowest BCUT2D eigenvalue weighted by Crippen LogP contribution is -2.34. The highest BCUT2D eigenvalue weighted by Crippen LogP contribution is 2.21. The lowest BCUT2D eigenvalue weighted by molar-refractivity contribution is 0.167. The monoisotopic (exact) mass is 301 g/mol. The Labute approximate surface area is 128 Å². The van der Waals surface area contributed by atoms with Crippen molar-refractivity contribution in [1.82, 2.24) is 25.0 Å². The molecule has 6 heteroatoms. The van der Waals surface area contributed by atoms with Gasteiger partial charge in [-0.2, -0.15) is 0 Å². The summed E-state index contributed by atoms with van der Waals surface area (Å²) in [4.78, 5) is 2.52. The smallest absolute Gasteiger partial charge is 0.147 e. The molecule has 2 heterocycles. The van der Waals surface area contributed by atoms with Gasteiger partial charge in [-0.15, -0.1) is 22.6 Å². The van der Waals surface area contributed by atoms with E-state index in [-0.39, 0.29) is 12.4 Å². The van der Waals surface area contributed by atoms with Gasteiger partial charge in [-0.25, -0.2) is 0 Å². The number of aryl methyl sites for hydroxylation is 1. The van der Waals surface area contributed by atoms with Crippen molar-refractivity contribution in [2.24, 2.45) is 5.92 Å². The van der Waals surface area contributed by atoms with Gasteiger partial charge in [0.2, 0.25) is 0 Å². The van der Waals surface area contributed by atoms with Crippen LogP contribution in [-0.2, 0) is 13.1 Å². The molecule has 0 atom stereocenters. The second-order valence-electron chi connectivity index (χ2n) is 5.52. The predicted molar refractivity (Wildman–Crippen MR) is 84.2 cm³/mol. The van der Waals surface area contributed by atoms with Gasteiger partial charge in [0.05, 0.1) is 6.54 Å². The van der Waals surface area contributed by atoms with E-state index in [1.807, 2.05) is 14.0 Å². The van der Waals surface area contributed by atoms with Crippen molar-refractivity contribution in [2.45, 2.75) is 46.2 Å². The zero-order chi connectivity index (χ0) is 13.7. The maximum absolute atomic E-state index is 4.31. The van der Waals surface area contributed by atoms with E-state index in [0.29, 0.717) is 0 Å². The average Bonchev–Trinajstić information content (AvgIpc) is 2.78. The summed E-state index contributed by atoms with van der Waals surface area (Å²) in [6.45, 7) is 9.65. The van der Waals surface area contributed by atoms with Gasteiger partial charge in [0.25, 0.3) is 0 Å². The third-order valence-corrected chi connectivity index (χ3v) is 4.20. The van der Waals surface area contributed by atoms with Gasteiger partial charge in [0, 0.05) is 6.54 Å². The summed E-state index contributed by atoms with van der Waals surface area (Å²) in [7, 11) is 2.04. The average molecular weight is 302 g/mol. The van der Waals surface area contributed by atoms with Crippen LogP contribution < -0.4 is 5.32 Å². The van der Waals surface area contributed by atoms with Crippen LogP contribution in [0.2, 0.25) is 0 Å². The van der Waals surface area contributed by atoms with Crippen LogP contribution in [0.5, 0.6) is 0 Å². The van der Waals surface area contributed by atoms with Crippen LogP contribution in [0, 0.1) is 12.8 Å². The number of halogens is 1. The van der Waals surface area contributed by atoms with Crippen LogP contribution in [0.1, 0.15) is 37.8 Å². The molecule has 0 saturated carbocycles. The minimum atomic E-state index is 0. The molecule has 116 valence electrons. The summed E-state index contributed by atoms with van der Waals surface area (Å²) in [6.07, 6.45) is 3.95. The Bertz CT molecular complexity index is 385. The molecule has 1 fully saturated rings. The lowest BCUT2D eigenvalue weighted by Gasteiger charge is -2.31. The zero-order valence-electron chi connectivity index (χ0n) is 12.9. The molecule has 2 rings (SSSR count). The van der Waals surface area contributed by atoms with Gasteiger partial charge in [-0.1, -0.05) is 0 Å². The van der Waals surface area contributed by atoms with Crippen molar-refractivity contribution in [3.05, 3.63) is 11.6 Å². The van der Waals surface area contributed by atoms with Crippen LogP contribution in [-0.4, -0.2) is 46.3 Å². The second kappa shape index (κ2) is 8.60. The van der Waals surface area contributed by atoms with E-state index in [1.54, 1.807) is 0 Å². The number of piperidine rings is 1. The third kappa shape index (κ3) is 4.43. The minimum Gasteiger partial charge on any atom is -0.320 e. The van der Waals surface area contributed by atoms with Gasteiger partial charge >= 0.3 is 0 Å². The van der Waals surface area contributed by atoms with E-state index in [0.717, 1.165) is 37.2 Å². The van der Waals surface area contributed by atoms with E-state index in [2.05, 4.69) is 31.9 Å². The molecule has 20 heavy (non-hydrogen) atoms. The Morgan fingerprint density at radius 1 is 1.25 bits per heavy atom. The first kappa shape index (κ1) is 17.4. The molecule has 5 nitrogen and oxygen atoms in total. The van der Waals surface area contributed by atoms with Gasteiger partial charge in [-0.3, -0.25) is 4.90 Å². The largest absolute Gasteiger partial charge is 0.320 e. The van der Waals surface area contributed by atoms with Crippen molar-refractivity contribution in [2.75, 3.05) is 26.7 Å². The number of hydrogen-bond acceptors (Lipinski definition) is 4. The van der Waals surface area contributed by atoms with Gasteiger partial charge in [0.1, 0.15) is 11.6 Å². The number of rotatable bonds is 6. The van der Waals surface area contributed by atoms with Crippen molar-refractivity contribution in [3.8, 4) is 0 Å². The van der Waals surface area contributed by atoms with Crippen molar-refractivity contribution < 1.29 is 0 Å². The van der Waals surface area contributed by atoms with Gasteiger partial charge in [-0.05, 0) is 65.7 Å². The fourth-order valence-electron chi connectivity index (χ4n) is 2.93. The van der Waals surface area contributed by atoms with Crippen LogP contribution in [0.25, 0.3) is 0 Å². The Morgan fingerprint density at radius 3 is 2.55 bits per heavy atom. The quantitative estimate of drug-likeness (QED) is 0.871. The Hall–Kier alpha value is -0.650. The van der Waals surface area contributed by atoms with E-state index < -0.39 is 0 Å². The maximum atomic E-state index is 4.31. The molecule has 0 unspecified atom stereocenters. The third-order valence-electron chi connectivity index (χ3n) is 4.20. The summed E-state index contributed by atoms with van der Waals surface area (Å²) < 4.78 is 2.22. The molecular weight excluding hydrogens is 274 g/mol. The maximum Gasteiger partial charge on any atom is 0.147 e. The summed E-state index contributed by atoms with van der Waals surface area (Å²) in [5, 5.41) is 11.7. The zero-order valence-corrected chi connectivity index (χ0v) is 13.7. The number of likely N-dealkylation sites (tertiary alicyclic amines) is 1. The molecule has 1 aliphatic heterocycles. The number of aromatic nitrogens is 3. The Morgan fingerprint density at radius 2 is 1.95 bits per heavy atom. The first-order valence-electron chi connectivity index (χ1n) is 7.50. The number of nitrogens with zero attached hydrogens (tertiary/aromatic N) is 4. The fraction of sp³-hybridized carbons (Fsp3) is 0.857. The van der Waals surface area contributed by atoms with Gasteiger partial charge in [0.15, 0.2) is 0 Å². The van der Waals surface area contributed by atoms with Crippen molar-refractivity contribution in [3.63, 3.8) is 0 Å². The molecule has 0 radical (unpaired) electrons. The molecule has 1 aliphatic rings. The molecular formula is C14H28ClN5. The van der Waals surface area contributed by atoms with Crippen LogP contribution in [0.15, 0.2) is 0 Å². The van der Waals surface area contributed by atoms with Crippen LogP contribution in [0.3, 0.4) is 0 Å². The molecule has 1 aromatic rings. The number of hydrogen-bond donors (Lipinski definition) is 1. The fourth-order valence-corrected chi connectivity index (χ4v) is 2.93. The molecule has 1 aromatic heterocycles. The Kier molecular flexibility index (Phi) is 7.48. The molecule has 1 N–H and O–H groups in total. The molecule has 0 spiro atoms. The first-order valence-corrected chi connectivity index (χ1v) is 7.50. The van der Waals surface area contributed by atoms with Crippen LogP contribution in [0.4, 0.5) is 0 Å². The topological polar surface area (TPSA) is 46.0 Å². The summed E-state index contributed by atoms with van der Waals surface area (Å²) in [6, 6.07) is 0. The predicted octanol–water partition coefficient (Wildman–Crippen LogP) is 1.85. The summed E-state index contributed by atoms with van der Waals surface area (Å²) in [5.74, 6) is 3.05. The normalized spacial score (nSPS) is 17.1. The highest BCUT2D eigenvalue weighted by Gasteiger charge is 2.20. The van der Waals surface area contributed by atoms with Gasteiger partial charge < -0.3 is 9.88 Å². The SMILES string of the molecule is CCn1c(C)nnc1CN1CCC(CCNC)CC1.Cl. The van der Waals surface area contributed by atoms with E-state index >= 15 is 0 Å². The molecule has 0 aromatic carbocycles. The summed E-state index contributed by atoms with van der Waals surface area (Å²) in [5.41, 5.74) is 0. The van der Waals surface area contributed by atoms with Crippen molar-refractivity contribution in [1.29, 1.82) is 0 Å². The molecule has 0 aliphatic carbocycles. The first-order chi connectivity index (χ1) is 9.24. The highest BCUT2D eigenvalue weighted by atomic mass is 35.5. The van der Waals surface area contributed by atoms with E-state index in [9.17, 15) is 0 Å². The second-order valence-corrected chi connectivity index (χ2v) is 5.52. The minimum absolute atomic E-state index is 0. The Balaban J connectivity index is 0.00000200. The van der Waals surface area contributed by atoms with Crippen molar-refractivity contribution >= 4 is 12.4 Å². The lowest BCUT2D eigenvalue weighted by atomic mass is 9.93. The summed E-state index contributed by atoms with van der Waals surface area (Å²) >= 11 is 0. The standard InChI is InChI=1S/C14H27N5.ClH/c1-4-19-12(2)16-17-14(19)11-18-9-6-13(7-10-18)5-8-15-3;/h13,15H,4-11H2,1-3H3;1H. The van der Waals surface area contributed by atoms with E-state index in [4.69, 9.17) is 0 Å². The van der Waals surface area contributed by atoms with Crippen LogP contribution >= 0.6 is 12.4 Å². The van der Waals surface area contributed by atoms with E-state index in [1.165, 1.54) is 32.4 Å².